The molecule has 1 nitrogen and oxygen atoms in total. The third-order valence-corrected chi connectivity index (χ3v) is 1.73. The van der Waals surface area contributed by atoms with E-state index in [-0.39, 0.29) is 0 Å². The number of hydrogen-bond acceptors (Lipinski definition) is 1. The Morgan fingerprint density at radius 2 is 2.09 bits per heavy atom. The molecule has 1 heteroatoms. The van der Waals surface area contributed by atoms with Gasteiger partial charge in [0, 0.05) is 0 Å². The average Bonchev–Trinajstić information content (AvgIpc) is 2.04. The van der Waals surface area contributed by atoms with Crippen LogP contribution < -0.4 is 0 Å². The van der Waals surface area contributed by atoms with Gasteiger partial charge < -0.3 is 5.11 Å². The number of rotatable bonds is 2. The van der Waals surface area contributed by atoms with Crippen LogP contribution in [0.3, 0.4) is 0 Å². The first-order chi connectivity index (χ1) is 5.25. The van der Waals surface area contributed by atoms with Crippen molar-refractivity contribution in [2.24, 2.45) is 0 Å². The van der Waals surface area contributed by atoms with Crippen LogP contribution in [0.25, 0.3) is 0 Å². The normalized spacial score (nSPS) is 12.5. The molecule has 0 aliphatic heterocycles. The molecule has 0 spiro atoms. The second-order valence-electron chi connectivity index (χ2n) is 2.54. The standard InChI is InChI=1S/C10H12O/c1-3-10(11)9-7-5-4-6-8(9)2/h3-7,10-11H,1H2,2H3/t10-/m1/s1. The maximum Gasteiger partial charge on any atom is 0.0971 e. The molecule has 0 fully saturated rings. The minimum absolute atomic E-state index is 0.531. The number of hydrogen-bond donors (Lipinski definition) is 1. The number of aliphatic hydroxyl groups excluding tert-OH is 1. The Hall–Kier alpha value is -1.08. The van der Waals surface area contributed by atoms with Gasteiger partial charge in [-0.2, -0.15) is 0 Å². The Morgan fingerprint density at radius 1 is 1.45 bits per heavy atom. The van der Waals surface area contributed by atoms with Gasteiger partial charge in [0.2, 0.25) is 0 Å². The molecule has 0 unspecified atom stereocenters. The van der Waals surface area contributed by atoms with E-state index in [9.17, 15) is 5.11 Å². The van der Waals surface area contributed by atoms with Gasteiger partial charge in [0.1, 0.15) is 0 Å². The first-order valence-electron chi connectivity index (χ1n) is 3.62. The first kappa shape index (κ1) is 8.02. The molecular weight excluding hydrogens is 136 g/mol. The summed E-state index contributed by atoms with van der Waals surface area (Å²) in [7, 11) is 0. The van der Waals surface area contributed by atoms with Gasteiger partial charge in [-0.05, 0) is 18.1 Å². The Balaban J connectivity index is 3.02. The highest BCUT2D eigenvalue weighted by molar-refractivity contribution is 5.29. The van der Waals surface area contributed by atoms with E-state index in [1.165, 1.54) is 6.08 Å². The van der Waals surface area contributed by atoms with Gasteiger partial charge in [0.25, 0.3) is 0 Å². The van der Waals surface area contributed by atoms with E-state index < -0.39 is 6.10 Å². The summed E-state index contributed by atoms with van der Waals surface area (Å²) in [4.78, 5) is 0. The third-order valence-electron chi connectivity index (χ3n) is 1.73. The van der Waals surface area contributed by atoms with E-state index in [2.05, 4.69) is 6.58 Å². The van der Waals surface area contributed by atoms with Crippen molar-refractivity contribution in [1.82, 2.24) is 0 Å². The summed E-state index contributed by atoms with van der Waals surface area (Å²) < 4.78 is 0. The minimum Gasteiger partial charge on any atom is -0.384 e. The summed E-state index contributed by atoms with van der Waals surface area (Å²) in [6.45, 7) is 5.50. The molecule has 58 valence electrons. The van der Waals surface area contributed by atoms with Gasteiger partial charge in [-0.25, -0.2) is 0 Å². The molecule has 0 amide bonds. The van der Waals surface area contributed by atoms with Crippen molar-refractivity contribution in [3.05, 3.63) is 48.0 Å². The molecule has 0 aliphatic carbocycles. The van der Waals surface area contributed by atoms with Gasteiger partial charge in [0.05, 0.1) is 6.10 Å². The Morgan fingerprint density at radius 3 is 2.64 bits per heavy atom. The summed E-state index contributed by atoms with van der Waals surface area (Å²) >= 11 is 0. The lowest BCUT2D eigenvalue weighted by Gasteiger charge is -2.07. The second-order valence-corrected chi connectivity index (χ2v) is 2.54. The number of benzene rings is 1. The third kappa shape index (κ3) is 1.69. The second kappa shape index (κ2) is 3.35. The molecule has 1 aromatic rings. The van der Waals surface area contributed by atoms with E-state index in [0.717, 1.165) is 11.1 Å². The van der Waals surface area contributed by atoms with Crippen LogP contribution in [0.2, 0.25) is 0 Å². The molecule has 1 rings (SSSR count). The zero-order valence-electron chi connectivity index (χ0n) is 6.62. The largest absolute Gasteiger partial charge is 0.384 e. The predicted octanol–water partition coefficient (Wildman–Crippen LogP) is 2.21. The molecule has 0 bridgehead atoms. The minimum atomic E-state index is -0.531. The zero-order chi connectivity index (χ0) is 8.27. The molecule has 11 heavy (non-hydrogen) atoms. The predicted molar refractivity (Wildman–Crippen MR) is 46.3 cm³/mol. The molecule has 0 aliphatic rings. The van der Waals surface area contributed by atoms with Crippen LogP contribution in [-0.2, 0) is 0 Å². The summed E-state index contributed by atoms with van der Waals surface area (Å²) in [6.07, 6.45) is 0.999. The monoisotopic (exact) mass is 148 g/mol. The van der Waals surface area contributed by atoms with E-state index in [4.69, 9.17) is 0 Å². The smallest absolute Gasteiger partial charge is 0.0971 e. The topological polar surface area (TPSA) is 20.2 Å². The number of aliphatic hydroxyl groups is 1. The lowest BCUT2D eigenvalue weighted by Crippen LogP contribution is -1.94. The van der Waals surface area contributed by atoms with E-state index in [1.54, 1.807) is 0 Å². The van der Waals surface area contributed by atoms with Crippen molar-refractivity contribution in [2.75, 3.05) is 0 Å². The molecule has 1 atom stereocenters. The number of aryl methyl sites for hydroxylation is 1. The zero-order valence-corrected chi connectivity index (χ0v) is 6.62. The maximum atomic E-state index is 9.39. The van der Waals surface area contributed by atoms with Crippen molar-refractivity contribution >= 4 is 0 Å². The van der Waals surface area contributed by atoms with Crippen LogP contribution in [0.4, 0.5) is 0 Å². The molecule has 1 aromatic carbocycles. The van der Waals surface area contributed by atoms with Crippen LogP contribution in [0, 0.1) is 6.92 Å². The molecule has 1 N–H and O–H groups in total. The van der Waals surface area contributed by atoms with Crippen LogP contribution in [-0.4, -0.2) is 5.11 Å². The van der Waals surface area contributed by atoms with Crippen molar-refractivity contribution in [3.63, 3.8) is 0 Å². The lowest BCUT2D eigenvalue weighted by molar-refractivity contribution is 0.228. The molecule has 0 saturated carbocycles. The molecule has 0 saturated heterocycles. The quantitative estimate of drug-likeness (QED) is 0.637. The van der Waals surface area contributed by atoms with Crippen molar-refractivity contribution in [3.8, 4) is 0 Å². The Labute approximate surface area is 67.0 Å². The first-order valence-corrected chi connectivity index (χ1v) is 3.62. The van der Waals surface area contributed by atoms with Crippen LogP contribution >= 0.6 is 0 Å². The highest BCUT2D eigenvalue weighted by Gasteiger charge is 2.03. The fourth-order valence-corrected chi connectivity index (χ4v) is 1.05. The van der Waals surface area contributed by atoms with Gasteiger partial charge in [-0.1, -0.05) is 30.3 Å². The van der Waals surface area contributed by atoms with Gasteiger partial charge in [-0.15, -0.1) is 6.58 Å². The molecule has 0 radical (unpaired) electrons. The summed E-state index contributed by atoms with van der Waals surface area (Å²) in [5, 5.41) is 9.39. The van der Waals surface area contributed by atoms with Crippen molar-refractivity contribution in [1.29, 1.82) is 0 Å². The average molecular weight is 148 g/mol. The fourth-order valence-electron chi connectivity index (χ4n) is 1.05. The highest BCUT2D eigenvalue weighted by Crippen LogP contribution is 2.16. The van der Waals surface area contributed by atoms with E-state index >= 15 is 0 Å². The summed E-state index contributed by atoms with van der Waals surface area (Å²) in [6, 6.07) is 7.74. The fraction of sp³-hybridized carbons (Fsp3) is 0.200. The van der Waals surface area contributed by atoms with E-state index in [0.29, 0.717) is 0 Å². The molecule has 0 heterocycles. The molecule has 0 aromatic heterocycles. The van der Waals surface area contributed by atoms with Crippen molar-refractivity contribution < 1.29 is 5.11 Å². The summed E-state index contributed by atoms with van der Waals surface area (Å²) in [5.41, 5.74) is 2.03. The summed E-state index contributed by atoms with van der Waals surface area (Å²) in [5.74, 6) is 0. The van der Waals surface area contributed by atoms with Crippen LogP contribution in [0.15, 0.2) is 36.9 Å². The lowest BCUT2D eigenvalue weighted by atomic mass is 10.0. The Kier molecular flexibility index (Phi) is 2.44. The van der Waals surface area contributed by atoms with E-state index in [1.807, 2.05) is 31.2 Å². The van der Waals surface area contributed by atoms with Crippen LogP contribution in [0.1, 0.15) is 17.2 Å². The van der Waals surface area contributed by atoms with Gasteiger partial charge >= 0.3 is 0 Å². The Bertz CT molecular complexity index is 253. The van der Waals surface area contributed by atoms with Crippen LogP contribution in [0.5, 0.6) is 0 Å². The van der Waals surface area contributed by atoms with Gasteiger partial charge in [-0.3, -0.25) is 0 Å². The van der Waals surface area contributed by atoms with Gasteiger partial charge in [0.15, 0.2) is 0 Å². The van der Waals surface area contributed by atoms with Crippen molar-refractivity contribution in [2.45, 2.75) is 13.0 Å². The molecular formula is C10H12O. The highest BCUT2D eigenvalue weighted by atomic mass is 16.3. The SMILES string of the molecule is C=C[C@@H](O)c1ccccc1C. The maximum absolute atomic E-state index is 9.39.